The van der Waals surface area contributed by atoms with E-state index in [4.69, 9.17) is 14.2 Å². The van der Waals surface area contributed by atoms with Crippen LogP contribution in [0.3, 0.4) is 0 Å². The summed E-state index contributed by atoms with van der Waals surface area (Å²) < 4.78 is 13.7. The average molecular weight is 505 g/mol. The van der Waals surface area contributed by atoms with Gasteiger partial charge in [0.2, 0.25) is 0 Å². The molecule has 1 unspecified atom stereocenters. The molecule has 7 nitrogen and oxygen atoms in total. The fraction of sp³-hybridized carbons (Fsp3) is 0.258. The van der Waals surface area contributed by atoms with Crippen LogP contribution < -0.4 is 10.5 Å². The maximum absolute atomic E-state index is 11.7. The van der Waals surface area contributed by atoms with Crippen molar-refractivity contribution in [3.8, 4) is 5.75 Å². The molecule has 2 aromatic heterocycles. The number of nitrogens with one attached hydrogen (secondary N) is 1. The fourth-order valence-electron chi connectivity index (χ4n) is 5.73. The highest BCUT2D eigenvalue weighted by atomic mass is 16.5. The van der Waals surface area contributed by atoms with Crippen molar-refractivity contribution in [3.63, 3.8) is 0 Å². The summed E-state index contributed by atoms with van der Waals surface area (Å²) in [6, 6.07) is 23.3. The van der Waals surface area contributed by atoms with Crippen molar-refractivity contribution >= 4 is 22.9 Å². The zero-order valence-electron chi connectivity index (χ0n) is 21.2. The molecule has 2 aliphatic rings. The van der Waals surface area contributed by atoms with Crippen molar-refractivity contribution in [1.82, 2.24) is 19.7 Å². The van der Waals surface area contributed by atoms with E-state index in [0.29, 0.717) is 24.0 Å². The molecule has 1 N–H and O–H groups in total. The second-order valence-electron chi connectivity index (χ2n) is 10.2. The highest BCUT2D eigenvalue weighted by Gasteiger charge is 2.38. The molecule has 0 amide bonds. The van der Waals surface area contributed by atoms with Crippen molar-refractivity contribution in [2.45, 2.75) is 45.1 Å². The molecule has 0 saturated heterocycles. The SMILES string of the molecule is CCCc1nc2ccccc2n1Cc1ccc2c(c1)C(=Cc1noc(=O)[nH]1)Oc1ccccc1C2C1CC1. The minimum Gasteiger partial charge on any atom is -0.456 e. The van der Waals surface area contributed by atoms with Crippen LogP contribution in [0.5, 0.6) is 5.75 Å². The molecular formula is C31H28N4O3. The van der Waals surface area contributed by atoms with E-state index >= 15 is 0 Å². The summed E-state index contributed by atoms with van der Waals surface area (Å²) in [7, 11) is 0. The number of aromatic nitrogens is 4. The summed E-state index contributed by atoms with van der Waals surface area (Å²) >= 11 is 0. The predicted molar refractivity (Wildman–Crippen MR) is 146 cm³/mol. The van der Waals surface area contributed by atoms with Gasteiger partial charge in [-0.1, -0.05) is 54.5 Å². The third-order valence-electron chi connectivity index (χ3n) is 7.56. The Kier molecular flexibility index (Phi) is 5.50. The van der Waals surface area contributed by atoms with Gasteiger partial charge in [0, 0.05) is 36.1 Å². The lowest BCUT2D eigenvalue weighted by Crippen LogP contribution is -2.08. The second kappa shape index (κ2) is 9.17. The minimum absolute atomic E-state index is 0.252. The van der Waals surface area contributed by atoms with Gasteiger partial charge in [0.1, 0.15) is 17.3 Å². The highest BCUT2D eigenvalue weighted by molar-refractivity contribution is 5.81. The Bertz CT molecular complexity index is 1740. The lowest BCUT2D eigenvalue weighted by Gasteiger charge is -2.19. The topological polar surface area (TPSA) is 85.9 Å². The summed E-state index contributed by atoms with van der Waals surface area (Å²) in [5, 5.41) is 3.87. The van der Waals surface area contributed by atoms with Crippen LogP contribution in [0, 0.1) is 5.92 Å². The van der Waals surface area contributed by atoms with E-state index in [0.717, 1.165) is 46.6 Å². The van der Waals surface area contributed by atoms with Gasteiger partial charge in [-0.15, -0.1) is 0 Å². The lowest BCUT2D eigenvalue weighted by molar-refractivity contribution is 0.385. The first kappa shape index (κ1) is 22.8. The summed E-state index contributed by atoms with van der Waals surface area (Å²) in [5.74, 6) is 3.16. The number of aryl methyl sites for hydroxylation is 1. The maximum atomic E-state index is 11.7. The molecular weight excluding hydrogens is 476 g/mol. The van der Waals surface area contributed by atoms with Crippen LogP contribution in [0.4, 0.5) is 0 Å². The van der Waals surface area contributed by atoms with Crippen LogP contribution in [-0.2, 0) is 13.0 Å². The van der Waals surface area contributed by atoms with Gasteiger partial charge in [-0.05, 0) is 60.6 Å². The van der Waals surface area contributed by atoms with Crippen LogP contribution in [-0.4, -0.2) is 19.7 Å². The number of hydrogen-bond donors (Lipinski definition) is 1. The Morgan fingerprint density at radius 3 is 2.71 bits per heavy atom. The van der Waals surface area contributed by atoms with Crippen LogP contribution in [0.1, 0.15) is 66.0 Å². The molecule has 3 aromatic carbocycles. The first-order valence-corrected chi connectivity index (χ1v) is 13.3. The number of ether oxygens (including phenoxy) is 1. The van der Waals surface area contributed by atoms with Gasteiger partial charge >= 0.3 is 5.76 Å². The molecule has 5 aromatic rings. The van der Waals surface area contributed by atoms with Crippen LogP contribution >= 0.6 is 0 Å². The zero-order valence-corrected chi connectivity index (χ0v) is 21.2. The minimum atomic E-state index is -0.592. The van der Waals surface area contributed by atoms with Gasteiger partial charge < -0.3 is 9.30 Å². The molecule has 190 valence electrons. The Balaban J connectivity index is 1.38. The maximum Gasteiger partial charge on any atom is 0.439 e. The standard InChI is InChI=1S/C31H28N4O3/c1-2-7-29-32-24-9-4-5-10-25(24)35(29)18-19-12-15-21-23(16-19)27(17-28-33-31(36)38-34-28)37-26-11-6-3-8-22(26)30(21)20-13-14-20/h3-6,8-12,15-17,20,30H,2,7,13-14,18H2,1H3,(H,33,34,36). The molecule has 7 rings (SSSR count). The zero-order chi connectivity index (χ0) is 25.6. The Labute approximate surface area is 219 Å². The smallest absolute Gasteiger partial charge is 0.439 e. The van der Waals surface area contributed by atoms with Gasteiger partial charge in [0.25, 0.3) is 0 Å². The van der Waals surface area contributed by atoms with E-state index < -0.39 is 5.76 Å². The predicted octanol–water partition coefficient (Wildman–Crippen LogP) is 6.15. The number of aromatic amines is 1. The van der Waals surface area contributed by atoms with Crippen molar-refractivity contribution in [1.29, 1.82) is 0 Å². The normalized spacial score (nSPS) is 17.7. The molecule has 1 aliphatic carbocycles. The van der Waals surface area contributed by atoms with E-state index in [1.807, 2.05) is 18.2 Å². The molecule has 38 heavy (non-hydrogen) atoms. The molecule has 0 radical (unpaired) electrons. The summed E-state index contributed by atoms with van der Waals surface area (Å²) in [6.45, 7) is 2.89. The van der Waals surface area contributed by atoms with Crippen molar-refractivity contribution in [2.24, 2.45) is 5.92 Å². The average Bonchev–Trinajstić information content (AvgIpc) is 3.62. The van der Waals surface area contributed by atoms with Crippen LogP contribution in [0.15, 0.2) is 76.0 Å². The number of imidazole rings is 1. The third-order valence-corrected chi connectivity index (χ3v) is 7.56. The third kappa shape index (κ3) is 4.04. The molecule has 1 atom stereocenters. The van der Waals surface area contributed by atoms with Crippen molar-refractivity contribution < 1.29 is 9.26 Å². The fourth-order valence-corrected chi connectivity index (χ4v) is 5.73. The van der Waals surface area contributed by atoms with Crippen LogP contribution in [0.2, 0.25) is 0 Å². The summed E-state index contributed by atoms with van der Waals surface area (Å²) in [4.78, 5) is 19.2. The van der Waals surface area contributed by atoms with E-state index in [1.54, 1.807) is 6.08 Å². The highest BCUT2D eigenvalue weighted by Crippen LogP contribution is 2.52. The molecule has 3 heterocycles. The van der Waals surface area contributed by atoms with Gasteiger partial charge in [-0.25, -0.2) is 9.78 Å². The number of H-pyrrole nitrogens is 1. The summed E-state index contributed by atoms with van der Waals surface area (Å²) in [5.41, 5.74) is 6.78. The first-order valence-electron chi connectivity index (χ1n) is 13.3. The lowest BCUT2D eigenvalue weighted by atomic mass is 9.83. The van der Waals surface area contributed by atoms with E-state index in [1.165, 1.54) is 24.0 Å². The molecule has 0 spiro atoms. The van der Waals surface area contributed by atoms with E-state index in [2.05, 4.69) is 70.2 Å². The Morgan fingerprint density at radius 1 is 1.05 bits per heavy atom. The quantitative estimate of drug-likeness (QED) is 0.300. The number of rotatable bonds is 6. The summed E-state index contributed by atoms with van der Waals surface area (Å²) in [6.07, 6.45) is 6.13. The number of nitrogens with zero attached hydrogens (tertiary/aromatic N) is 3. The first-order chi connectivity index (χ1) is 18.7. The van der Waals surface area contributed by atoms with E-state index in [9.17, 15) is 4.79 Å². The van der Waals surface area contributed by atoms with Gasteiger partial charge in [0.15, 0.2) is 5.82 Å². The second-order valence-corrected chi connectivity index (χ2v) is 10.2. The van der Waals surface area contributed by atoms with Crippen molar-refractivity contribution in [2.75, 3.05) is 0 Å². The van der Waals surface area contributed by atoms with Gasteiger partial charge in [-0.3, -0.25) is 9.51 Å². The van der Waals surface area contributed by atoms with Gasteiger partial charge in [0.05, 0.1) is 11.0 Å². The molecule has 1 saturated carbocycles. The van der Waals surface area contributed by atoms with Crippen molar-refractivity contribution in [3.05, 3.63) is 111 Å². The molecule has 1 fully saturated rings. The van der Waals surface area contributed by atoms with Crippen LogP contribution in [0.25, 0.3) is 22.9 Å². The van der Waals surface area contributed by atoms with E-state index in [-0.39, 0.29) is 5.92 Å². The molecule has 7 heteroatoms. The number of para-hydroxylation sites is 3. The Hall–Kier alpha value is -4.39. The van der Waals surface area contributed by atoms with Gasteiger partial charge in [-0.2, -0.15) is 0 Å². The number of benzene rings is 3. The Morgan fingerprint density at radius 2 is 1.89 bits per heavy atom. The number of hydrogen-bond acceptors (Lipinski definition) is 5. The number of fused-ring (bicyclic) bond motifs is 3. The molecule has 1 aliphatic heterocycles. The molecule has 0 bridgehead atoms. The largest absolute Gasteiger partial charge is 0.456 e. The monoisotopic (exact) mass is 504 g/mol.